The van der Waals surface area contributed by atoms with Crippen molar-refractivity contribution in [2.24, 2.45) is 0 Å². The molecule has 0 aromatic heterocycles. The lowest BCUT2D eigenvalue weighted by Gasteiger charge is -2.18. The van der Waals surface area contributed by atoms with Crippen molar-refractivity contribution >= 4 is 9.84 Å². The first-order chi connectivity index (χ1) is 8.07. The van der Waals surface area contributed by atoms with Crippen molar-refractivity contribution in [3.8, 4) is 0 Å². The minimum Gasteiger partial charge on any atom is -0.377 e. The van der Waals surface area contributed by atoms with E-state index in [0.717, 1.165) is 32.2 Å². The average Bonchev–Trinajstić information content (AvgIpc) is 2.75. The molecule has 0 aromatic rings. The first kappa shape index (κ1) is 14.9. The van der Waals surface area contributed by atoms with Gasteiger partial charge in [-0.15, -0.1) is 0 Å². The highest BCUT2D eigenvalue weighted by atomic mass is 32.2. The Morgan fingerprint density at radius 2 is 2.18 bits per heavy atom. The highest BCUT2D eigenvalue weighted by Crippen LogP contribution is 2.15. The number of rotatable bonds is 8. The van der Waals surface area contributed by atoms with E-state index >= 15 is 0 Å². The van der Waals surface area contributed by atoms with E-state index in [0.29, 0.717) is 6.61 Å². The predicted molar refractivity (Wildman–Crippen MR) is 70.0 cm³/mol. The monoisotopic (exact) mass is 263 g/mol. The molecule has 102 valence electrons. The summed E-state index contributed by atoms with van der Waals surface area (Å²) >= 11 is 0. The van der Waals surface area contributed by atoms with Gasteiger partial charge < -0.3 is 10.1 Å². The maximum atomic E-state index is 12.0. The second-order valence-corrected chi connectivity index (χ2v) is 6.93. The van der Waals surface area contributed by atoms with E-state index in [-0.39, 0.29) is 23.7 Å². The van der Waals surface area contributed by atoms with Crippen LogP contribution < -0.4 is 5.32 Å². The van der Waals surface area contributed by atoms with Gasteiger partial charge in [0.2, 0.25) is 0 Å². The molecule has 2 unspecified atom stereocenters. The SMILES string of the molecule is CCCNC(CC)CS(=O)(=O)CC1CCCO1. The lowest BCUT2D eigenvalue weighted by Crippen LogP contribution is -2.37. The Bertz CT molecular complexity index is 297. The fourth-order valence-corrected chi connectivity index (χ4v) is 4.04. The van der Waals surface area contributed by atoms with Gasteiger partial charge in [0, 0.05) is 12.6 Å². The molecule has 0 spiro atoms. The van der Waals surface area contributed by atoms with Crippen LogP contribution in [-0.4, -0.2) is 45.2 Å². The van der Waals surface area contributed by atoms with Crippen LogP contribution in [0.3, 0.4) is 0 Å². The van der Waals surface area contributed by atoms with Gasteiger partial charge in [-0.05, 0) is 32.2 Å². The van der Waals surface area contributed by atoms with Gasteiger partial charge in [-0.2, -0.15) is 0 Å². The topological polar surface area (TPSA) is 55.4 Å². The normalized spacial score (nSPS) is 22.8. The van der Waals surface area contributed by atoms with E-state index in [1.807, 2.05) is 6.92 Å². The highest BCUT2D eigenvalue weighted by molar-refractivity contribution is 7.91. The maximum Gasteiger partial charge on any atom is 0.154 e. The first-order valence-electron chi connectivity index (χ1n) is 6.62. The molecule has 0 aromatic carbocycles. The zero-order valence-corrected chi connectivity index (χ0v) is 11.8. The van der Waals surface area contributed by atoms with Crippen LogP contribution in [-0.2, 0) is 14.6 Å². The Kier molecular flexibility index (Phi) is 6.44. The number of hydrogen-bond acceptors (Lipinski definition) is 4. The fraction of sp³-hybridized carbons (Fsp3) is 1.00. The third-order valence-corrected chi connectivity index (χ3v) is 4.88. The van der Waals surface area contributed by atoms with E-state index in [9.17, 15) is 8.42 Å². The minimum absolute atomic E-state index is 0.0660. The molecule has 5 heteroatoms. The third-order valence-electron chi connectivity index (χ3n) is 3.09. The van der Waals surface area contributed by atoms with Crippen molar-refractivity contribution in [3.05, 3.63) is 0 Å². The van der Waals surface area contributed by atoms with Crippen molar-refractivity contribution in [1.29, 1.82) is 0 Å². The van der Waals surface area contributed by atoms with E-state index < -0.39 is 9.84 Å². The summed E-state index contributed by atoms with van der Waals surface area (Å²) in [5.74, 6) is 0.431. The van der Waals surface area contributed by atoms with Gasteiger partial charge in [0.1, 0.15) is 0 Å². The van der Waals surface area contributed by atoms with Gasteiger partial charge in [0.05, 0.1) is 17.6 Å². The summed E-state index contributed by atoms with van der Waals surface area (Å²) < 4.78 is 29.4. The van der Waals surface area contributed by atoms with E-state index in [4.69, 9.17) is 4.74 Å². The van der Waals surface area contributed by atoms with Crippen molar-refractivity contribution in [2.75, 3.05) is 24.7 Å². The van der Waals surface area contributed by atoms with Crippen LogP contribution in [0.25, 0.3) is 0 Å². The summed E-state index contributed by atoms with van der Waals surface area (Å²) in [5.41, 5.74) is 0. The van der Waals surface area contributed by atoms with Gasteiger partial charge in [0.15, 0.2) is 9.84 Å². The van der Waals surface area contributed by atoms with Gasteiger partial charge >= 0.3 is 0 Å². The number of nitrogens with one attached hydrogen (secondary N) is 1. The summed E-state index contributed by atoms with van der Waals surface area (Å²) in [6.45, 7) is 5.70. The van der Waals surface area contributed by atoms with Crippen molar-refractivity contribution in [1.82, 2.24) is 5.32 Å². The largest absolute Gasteiger partial charge is 0.377 e. The average molecular weight is 263 g/mol. The maximum absolute atomic E-state index is 12.0. The second kappa shape index (κ2) is 7.34. The van der Waals surface area contributed by atoms with Crippen LogP contribution in [0.2, 0.25) is 0 Å². The van der Waals surface area contributed by atoms with Crippen LogP contribution in [0.5, 0.6) is 0 Å². The van der Waals surface area contributed by atoms with Gasteiger partial charge in [-0.25, -0.2) is 8.42 Å². The fourth-order valence-electron chi connectivity index (χ4n) is 2.10. The molecule has 0 saturated carbocycles. The smallest absolute Gasteiger partial charge is 0.154 e. The Balaban J connectivity index is 2.39. The summed E-state index contributed by atoms with van der Waals surface area (Å²) in [5, 5.41) is 3.28. The molecular formula is C12H25NO3S. The van der Waals surface area contributed by atoms with Gasteiger partial charge in [-0.3, -0.25) is 0 Å². The number of hydrogen-bond donors (Lipinski definition) is 1. The molecule has 4 nitrogen and oxygen atoms in total. The number of ether oxygens (including phenoxy) is 1. The molecular weight excluding hydrogens is 238 g/mol. The standard InChI is InChI=1S/C12H25NO3S/c1-3-7-13-11(4-2)9-17(14,15)10-12-6-5-8-16-12/h11-13H,3-10H2,1-2H3. The minimum atomic E-state index is -2.99. The Morgan fingerprint density at radius 3 is 2.71 bits per heavy atom. The van der Waals surface area contributed by atoms with Gasteiger partial charge in [0.25, 0.3) is 0 Å². The molecule has 1 aliphatic rings. The van der Waals surface area contributed by atoms with Crippen LogP contribution in [0.15, 0.2) is 0 Å². The molecule has 0 amide bonds. The second-order valence-electron chi connectivity index (χ2n) is 4.77. The van der Waals surface area contributed by atoms with Crippen LogP contribution in [0.4, 0.5) is 0 Å². The summed E-state index contributed by atoms with van der Waals surface area (Å²) in [6.07, 6.45) is 3.69. The van der Waals surface area contributed by atoms with Crippen molar-refractivity contribution in [3.63, 3.8) is 0 Å². The molecule has 1 N–H and O–H groups in total. The molecule has 1 aliphatic heterocycles. The van der Waals surface area contributed by atoms with Crippen LogP contribution in [0.1, 0.15) is 39.5 Å². The lowest BCUT2D eigenvalue weighted by atomic mass is 10.2. The molecule has 1 rings (SSSR count). The molecule has 0 bridgehead atoms. The van der Waals surface area contributed by atoms with Gasteiger partial charge in [-0.1, -0.05) is 13.8 Å². The Hall–Kier alpha value is -0.130. The van der Waals surface area contributed by atoms with E-state index in [1.54, 1.807) is 0 Å². The quantitative estimate of drug-likeness (QED) is 0.718. The summed E-state index contributed by atoms with van der Waals surface area (Å²) in [6, 6.07) is 0.0846. The van der Waals surface area contributed by atoms with Crippen LogP contribution in [0, 0.1) is 0 Å². The molecule has 17 heavy (non-hydrogen) atoms. The molecule has 1 heterocycles. The molecule has 0 radical (unpaired) electrons. The zero-order chi connectivity index (χ0) is 12.7. The van der Waals surface area contributed by atoms with Crippen molar-refractivity contribution < 1.29 is 13.2 Å². The molecule has 0 aliphatic carbocycles. The lowest BCUT2D eigenvalue weighted by molar-refractivity contribution is 0.127. The Morgan fingerprint density at radius 1 is 1.41 bits per heavy atom. The van der Waals surface area contributed by atoms with Crippen molar-refractivity contribution in [2.45, 2.75) is 51.7 Å². The van der Waals surface area contributed by atoms with E-state index in [2.05, 4.69) is 12.2 Å². The predicted octanol–water partition coefficient (Wildman–Crippen LogP) is 1.36. The first-order valence-corrected chi connectivity index (χ1v) is 8.45. The molecule has 1 fully saturated rings. The Labute approximate surface area is 105 Å². The van der Waals surface area contributed by atoms with Crippen LogP contribution >= 0.6 is 0 Å². The highest BCUT2D eigenvalue weighted by Gasteiger charge is 2.25. The number of sulfone groups is 1. The summed E-state index contributed by atoms with van der Waals surface area (Å²) in [7, 11) is -2.99. The zero-order valence-electron chi connectivity index (χ0n) is 10.9. The summed E-state index contributed by atoms with van der Waals surface area (Å²) in [4.78, 5) is 0. The third kappa shape index (κ3) is 5.84. The molecule has 2 atom stereocenters. The van der Waals surface area contributed by atoms with E-state index in [1.165, 1.54) is 0 Å². The molecule has 1 saturated heterocycles.